The molecule has 1 fully saturated rings. The summed E-state index contributed by atoms with van der Waals surface area (Å²) in [4.78, 5) is 14.1. The highest BCUT2D eigenvalue weighted by atomic mass is 16.2. The Hall–Kier alpha value is -0.570. The Balaban J connectivity index is 2.47. The number of carbonyl (C=O) groups is 1. The molecule has 3 nitrogen and oxygen atoms in total. The molecule has 1 N–H and O–H groups in total. The minimum absolute atomic E-state index is 0.185. The van der Waals surface area contributed by atoms with Crippen LogP contribution in [0.4, 0.5) is 0 Å². The zero-order valence-electron chi connectivity index (χ0n) is 10.4. The Morgan fingerprint density at radius 1 is 1.40 bits per heavy atom. The lowest BCUT2D eigenvalue weighted by atomic mass is 9.88. The maximum absolute atomic E-state index is 12.1. The van der Waals surface area contributed by atoms with Crippen LogP contribution in [0.2, 0.25) is 0 Å². The smallest absolute Gasteiger partial charge is 0.225 e. The second-order valence-corrected chi connectivity index (χ2v) is 4.98. The summed E-state index contributed by atoms with van der Waals surface area (Å²) in [5, 5.41) is 3.22. The first-order valence-corrected chi connectivity index (χ1v) is 6.05. The molecule has 88 valence electrons. The average molecular weight is 212 g/mol. The number of hydrogen-bond donors (Lipinski definition) is 1. The summed E-state index contributed by atoms with van der Waals surface area (Å²) in [6.07, 6.45) is 0. The summed E-state index contributed by atoms with van der Waals surface area (Å²) < 4.78 is 0. The Kier molecular flexibility index (Phi) is 4.58. The number of nitrogens with zero attached hydrogens (tertiary/aromatic N) is 1. The van der Waals surface area contributed by atoms with Crippen molar-refractivity contribution in [2.75, 3.05) is 26.2 Å². The van der Waals surface area contributed by atoms with Gasteiger partial charge in [-0.25, -0.2) is 0 Å². The van der Waals surface area contributed by atoms with E-state index in [1.54, 1.807) is 0 Å². The third-order valence-corrected chi connectivity index (χ3v) is 3.19. The Labute approximate surface area is 93.2 Å². The summed E-state index contributed by atoms with van der Waals surface area (Å²) >= 11 is 0. The second kappa shape index (κ2) is 5.50. The van der Waals surface area contributed by atoms with Gasteiger partial charge >= 0.3 is 0 Å². The minimum atomic E-state index is 0.185. The summed E-state index contributed by atoms with van der Waals surface area (Å²) in [6.45, 7) is 12.2. The normalized spacial score (nSPS) is 18.7. The van der Waals surface area contributed by atoms with Crippen molar-refractivity contribution in [1.82, 2.24) is 10.2 Å². The van der Waals surface area contributed by atoms with E-state index in [0.717, 1.165) is 26.2 Å². The molecule has 15 heavy (non-hydrogen) atoms. The van der Waals surface area contributed by atoms with Crippen LogP contribution in [0.5, 0.6) is 0 Å². The lowest BCUT2D eigenvalue weighted by Crippen LogP contribution is -2.50. The van der Waals surface area contributed by atoms with E-state index in [0.29, 0.717) is 17.7 Å². The van der Waals surface area contributed by atoms with Crippen LogP contribution in [0.3, 0.4) is 0 Å². The van der Waals surface area contributed by atoms with Gasteiger partial charge in [0.15, 0.2) is 0 Å². The molecule has 1 atom stereocenters. The van der Waals surface area contributed by atoms with Crippen LogP contribution < -0.4 is 5.32 Å². The predicted octanol–water partition coefficient (Wildman–Crippen LogP) is 1.35. The summed E-state index contributed by atoms with van der Waals surface area (Å²) in [7, 11) is 0. The van der Waals surface area contributed by atoms with Gasteiger partial charge in [-0.15, -0.1) is 0 Å². The van der Waals surface area contributed by atoms with Gasteiger partial charge in [-0.3, -0.25) is 4.79 Å². The molecule has 1 aliphatic heterocycles. The first kappa shape index (κ1) is 12.5. The van der Waals surface area contributed by atoms with Crippen molar-refractivity contribution in [1.29, 1.82) is 0 Å². The number of carbonyl (C=O) groups excluding carboxylic acids is 1. The van der Waals surface area contributed by atoms with Gasteiger partial charge in [0.2, 0.25) is 5.91 Å². The monoisotopic (exact) mass is 212 g/mol. The third-order valence-electron chi connectivity index (χ3n) is 3.19. The predicted molar refractivity (Wildman–Crippen MR) is 62.6 cm³/mol. The third kappa shape index (κ3) is 3.20. The maximum Gasteiger partial charge on any atom is 0.225 e. The van der Waals surface area contributed by atoms with Crippen LogP contribution in [0.25, 0.3) is 0 Å². The molecule has 0 aromatic heterocycles. The highest BCUT2D eigenvalue weighted by Gasteiger charge is 2.31. The molecule has 0 aliphatic carbocycles. The van der Waals surface area contributed by atoms with Crippen LogP contribution >= 0.6 is 0 Å². The first-order chi connectivity index (χ1) is 7.06. The molecular formula is C12H24N2O. The Morgan fingerprint density at radius 3 is 2.33 bits per heavy atom. The largest absolute Gasteiger partial charge is 0.342 e. The zero-order valence-corrected chi connectivity index (χ0v) is 10.4. The van der Waals surface area contributed by atoms with Crippen LogP contribution in [-0.2, 0) is 4.79 Å². The van der Waals surface area contributed by atoms with Crippen molar-refractivity contribution in [2.45, 2.75) is 27.7 Å². The number of hydrogen-bond acceptors (Lipinski definition) is 2. The zero-order chi connectivity index (χ0) is 11.4. The molecule has 0 aromatic rings. The summed E-state index contributed by atoms with van der Waals surface area (Å²) in [5.74, 6) is 1.63. The van der Waals surface area contributed by atoms with E-state index < -0.39 is 0 Å². The molecule has 1 rings (SSSR count). The Bertz CT molecular complexity index is 212. The van der Waals surface area contributed by atoms with Crippen molar-refractivity contribution in [3.63, 3.8) is 0 Å². The highest BCUT2D eigenvalue weighted by molar-refractivity contribution is 5.79. The van der Waals surface area contributed by atoms with Gasteiger partial charge in [0, 0.05) is 19.0 Å². The molecule has 1 unspecified atom stereocenters. The van der Waals surface area contributed by atoms with E-state index in [4.69, 9.17) is 0 Å². The molecule has 0 bridgehead atoms. The molecule has 0 spiro atoms. The second-order valence-electron chi connectivity index (χ2n) is 4.98. The van der Waals surface area contributed by atoms with Gasteiger partial charge in [0.1, 0.15) is 0 Å². The standard InChI is InChI=1S/C12H24N2O/c1-5-14(8-9(2)3)12(15)10(4)11-6-13-7-11/h9-11,13H,5-8H2,1-4H3. The highest BCUT2D eigenvalue weighted by Crippen LogP contribution is 2.18. The van der Waals surface area contributed by atoms with Gasteiger partial charge in [-0.05, 0) is 31.8 Å². The van der Waals surface area contributed by atoms with Gasteiger partial charge in [0.05, 0.1) is 0 Å². The molecular weight excluding hydrogens is 188 g/mol. The topological polar surface area (TPSA) is 32.3 Å². The molecule has 1 saturated heterocycles. The molecule has 1 heterocycles. The van der Waals surface area contributed by atoms with Crippen LogP contribution in [-0.4, -0.2) is 37.0 Å². The first-order valence-electron chi connectivity index (χ1n) is 6.05. The van der Waals surface area contributed by atoms with Crippen molar-refractivity contribution in [2.24, 2.45) is 17.8 Å². The quantitative estimate of drug-likeness (QED) is 0.746. The molecule has 1 aliphatic rings. The molecule has 1 amide bonds. The van der Waals surface area contributed by atoms with E-state index >= 15 is 0 Å². The molecule has 0 aromatic carbocycles. The van der Waals surface area contributed by atoms with E-state index in [-0.39, 0.29) is 5.92 Å². The van der Waals surface area contributed by atoms with E-state index in [9.17, 15) is 4.79 Å². The molecule has 0 radical (unpaired) electrons. The summed E-state index contributed by atoms with van der Waals surface area (Å²) in [6, 6.07) is 0. The Morgan fingerprint density at radius 2 is 2.00 bits per heavy atom. The SMILES string of the molecule is CCN(CC(C)C)C(=O)C(C)C1CNC1. The van der Waals surface area contributed by atoms with E-state index in [2.05, 4.69) is 33.0 Å². The average Bonchev–Trinajstić information content (AvgIpc) is 2.09. The van der Waals surface area contributed by atoms with E-state index in [1.165, 1.54) is 0 Å². The summed E-state index contributed by atoms with van der Waals surface area (Å²) in [5.41, 5.74) is 0. The van der Waals surface area contributed by atoms with Gasteiger partial charge in [-0.1, -0.05) is 20.8 Å². The number of amides is 1. The lowest BCUT2D eigenvalue weighted by molar-refractivity contribution is -0.137. The fraction of sp³-hybridized carbons (Fsp3) is 0.917. The fourth-order valence-electron chi connectivity index (χ4n) is 1.97. The number of rotatable bonds is 5. The molecule has 0 saturated carbocycles. The number of nitrogens with one attached hydrogen (secondary N) is 1. The van der Waals surface area contributed by atoms with Crippen molar-refractivity contribution in [3.8, 4) is 0 Å². The lowest BCUT2D eigenvalue weighted by Gasteiger charge is -2.35. The van der Waals surface area contributed by atoms with Crippen LogP contribution in [0.1, 0.15) is 27.7 Å². The van der Waals surface area contributed by atoms with Crippen LogP contribution in [0, 0.1) is 17.8 Å². The van der Waals surface area contributed by atoms with Gasteiger partial charge in [0.25, 0.3) is 0 Å². The van der Waals surface area contributed by atoms with Gasteiger partial charge in [-0.2, -0.15) is 0 Å². The van der Waals surface area contributed by atoms with E-state index in [1.807, 2.05) is 4.90 Å². The van der Waals surface area contributed by atoms with Crippen molar-refractivity contribution < 1.29 is 4.79 Å². The maximum atomic E-state index is 12.1. The van der Waals surface area contributed by atoms with Crippen molar-refractivity contribution >= 4 is 5.91 Å². The fourth-order valence-corrected chi connectivity index (χ4v) is 1.97. The minimum Gasteiger partial charge on any atom is -0.342 e. The van der Waals surface area contributed by atoms with Gasteiger partial charge < -0.3 is 10.2 Å². The van der Waals surface area contributed by atoms with Crippen molar-refractivity contribution in [3.05, 3.63) is 0 Å². The molecule has 3 heteroatoms. The van der Waals surface area contributed by atoms with Crippen LogP contribution in [0.15, 0.2) is 0 Å².